The summed E-state index contributed by atoms with van der Waals surface area (Å²) in [7, 11) is 0. The van der Waals surface area contributed by atoms with Crippen molar-refractivity contribution in [3.63, 3.8) is 0 Å². The lowest BCUT2D eigenvalue weighted by molar-refractivity contribution is -0.140. The fraction of sp³-hybridized carbons (Fsp3) is 0.600. The number of alkyl halides is 3. The molecule has 1 aromatic rings. The molecular formula is C15H19BrF3N3O4. The average Bonchev–Trinajstić information content (AvgIpc) is 2.35. The molecule has 0 aromatic carbocycles. The van der Waals surface area contributed by atoms with Crippen LogP contribution in [0, 0.1) is 0 Å². The number of aromatic nitrogens is 2. The second-order valence-corrected chi connectivity index (χ2v) is 7.97. The number of rotatable bonds is 1. The molecule has 1 heterocycles. The van der Waals surface area contributed by atoms with Gasteiger partial charge in [0.2, 0.25) is 0 Å². The van der Waals surface area contributed by atoms with Crippen LogP contribution in [0.5, 0.6) is 0 Å². The van der Waals surface area contributed by atoms with Crippen molar-refractivity contribution in [3.05, 3.63) is 16.5 Å². The van der Waals surface area contributed by atoms with Crippen molar-refractivity contribution in [1.29, 1.82) is 0 Å². The summed E-state index contributed by atoms with van der Waals surface area (Å²) in [5.41, 5.74) is -3.68. The number of hydrogen-bond acceptors (Lipinski definition) is 6. The van der Waals surface area contributed by atoms with Crippen LogP contribution < -0.4 is 4.90 Å². The lowest BCUT2D eigenvalue weighted by Crippen LogP contribution is -2.45. The summed E-state index contributed by atoms with van der Waals surface area (Å²) in [4.78, 5) is 31.7. The van der Waals surface area contributed by atoms with Crippen LogP contribution in [0.15, 0.2) is 10.8 Å². The molecule has 0 atom stereocenters. The van der Waals surface area contributed by atoms with Crippen LogP contribution in [-0.2, 0) is 15.7 Å². The first-order valence-electron chi connectivity index (χ1n) is 7.37. The molecule has 0 aliphatic rings. The van der Waals surface area contributed by atoms with Gasteiger partial charge in [-0.3, -0.25) is 0 Å². The zero-order valence-corrected chi connectivity index (χ0v) is 16.6. The molecule has 2 amide bonds. The quantitative estimate of drug-likeness (QED) is 0.613. The van der Waals surface area contributed by atoms with E-state index in [0.717, 1.165) is 6.20 Å². The van der Waals surface area contributed by atoms with Gasteiger partial charge >= 0.3 is 18.4 Å². The molecule has 1 rings (SSSR count). The molecule has 0 spiro atoms. The largest absolute Gasteiger partial charge is 0.443 e. The van der Waals surface area contributed by atoms with E-state index >= 15 is 0 Å². The Bertz CT molecular complexity index is 669. The van der Waals surface area contributed by atoms with Crippen LogP contribution in [-0.4, -0.2) is 33.4 Å². The summed E-state index contributed by atoms with van der Waals surface area (Å²) in [6.45, 7) is 8.98. The standard InChI is InChI=1S/C15H19BrF3N3O4/c1-13(2,3)25-11(23)22(12(24)26-14(4,5)6)10-9(15(17,18)19)21-8(16)7-20-10/h7H,1-6H3. The number of carbonyl (C=O) groups excluding carboxylic acids is 2. The maximum Gasteiger partial charge on any atom is 0.437 e. The summed E-state index contributed by atoms with van der Waals surface area (Å²) < 4.78 is 49.8. The molecule has 0 bridgehead atoms. The predicted octanol–water partition coefficient (Wildman–Crippen LogP) is 4.93. The molecule has 0 N–H and O–H groups in total. The van der Waals surface area contributed by atoms with E-state index in [0.29, 0.717) is 0 Å². The molecular weight excluding hydrogens is 423 g/mol. The van der Waals surface area contributed by atoms with Crippen molar-refractivity contribution in [3.8, 4) is 0 Å². The zero-order chi connectivity index (χ0) is 20.5. The first kappa shape index (κ1) is 22.1. The maximum absolute atomic E-state index is 13.3. The van der Waals surface area contributed by atoms with Crippen molar-refractivity contribution in [2.24, 2.45) is 0 Å². The highest BCUT2D eigenvalue weighted by atomic mass is 79.9. The number of halogens is 4. The van der Waals surface area contributed by atoms with E-state index in [1.165, 1.54) is 41.5 Å². The Balaban J connectivity index is 3.51. The van der Waals surface area contributed by atoms with E-state index in [9.17, 15) is 22.8 Å². The summed E-state index contributed by atoms with van der Waals surface area (Å²) in [5.74, 6) is -1.04. The third-order valence-electron chi connectivity index (χ3n) is 2.36. The third kappa shape index (κ3) is 6.43. The molecule has 26 heavy (non-hydrogen) atoms. The summed E-state index contributed by atoms with van der Waals surface area (Å²) in [6.07, 6.45) is -6.79. The van der Waals surface area contributed by atoms with Crippen LogP contribution in [0.3, 0.4) is 0 Å². The number of nitrogens with zero attached hydrogens (tertiary/aromatic N) is 3. The van der Waals surface area contributed by atoms with Gasteiger partial charge in [0.1, 0.15) is 15.8 Å². The average molecular weight is 442 g/mol. The van der Waals surface area contributed by atoms with Gasteiger partial charge in [0.25, 0.3) is 0 Å². The monoisotopic (exact) mass is 441 g/mol. The SMILES string of the molecule is CC(C)(C)OC(=O)N(C(=O)OC(C)(C)C)c1ncc(Br)nc1C(F)(F)F. The minimum Gasteiger partial charge on any atom is -0.443 e. The molecule has 0 aliphatic heterocycles. The molecule has 0 saturated heterocycles. The van der Waals surface area contributed by atoms with Gasteiger partial charge in [-0.15, -0.1) is 0 Å². The maximum atomic E-state index is 13.3. The van der Waals surface area contributed by atoms with Crippen LogP contribution >= 0.6 is 15.9 Å². The second-order valence-electron chi connectivity index (χ2n) is 7.16. The van der Waals surface area contributed by atoms with Gasteiger partial charge in [-0.2, -0.15) is 18.1 Å². The Morgan fingerprint density at radius 1 is 1.00 bits per heavy atom. The smallest absolute Gasteiger partial charge is 0.437 e. The van der Waals surface area contributed by atoms with E-state index in [2.05, 4.69) is 25.9 Å². The zero-order valence-electron chi connectivity index (χ0n) is 15.1. The number of imide groups is 1. The van der Waals surface area contributed by atoms with Crippen molar-refractivity contribution in [2.75, 3.05) is 4.90 Å². The molecule has 0 aliphatic carbocycles. The normalized spacial score (nSPS) is 12.5. The van der Waals surface area contributed by atoms with E-state index in [1.54, 1.807) is 0 Å². The van der Waals surface area contributed by atoms with Gasteiger partial charge in [-0.1, -0.05) is 0 Å². The molecule has 11 heteroatoms. The van der Waals surface area contributed by atoms with E-state index < -0.39 is 41.1 Å². The highest BCUT2D eigenvalue weighted by Crippen LogP contribution is 2.35. The van der Waals surface area contributed by atoms with Gasteiger partial charge in [0.15, 0.2) is 11.5 Å². The Morgan fingerprint density at radius 3 is 1.77 bits per heavy atom. The molecule has 0 radical (unpaired) electrons. The third-order valence-corrected chi connectivity index (χ3v) is 2.74. The van der Waals surface area contributed by atoms with Crippen molar-refractivity contribution < 1.29 is 32.2 Å². The summed E-state index contributed by atoms with van der Waals surface area (Å²) in [5, 5.41) is 0. The lowest BCUT2D eigenvalue weighted by atomic mass is 10.2. The minimum atomic E-state index is -4.98. The van der Waals surface area contributed by atoms with E-state index in [1.807, 2.05) is 0 Å². The van der Waals surface area contributed by atoms with Gasteiger partial charge < -0.3 is 9.47 Å². The Labute approximate surface area is 157 Å². The number of anilines is 1. The number of ether oxygens (including phenoxy) is 2. The highest BCUT2D eigenvalue weighted by Gasteiger charge is 2.43. The Morgan fingerprint density at radius 2 is 1.42 bits per heavy atom. The fourth-order valence-electron chi connectivity index (χ4n) is 1.58. The number of hydrogen-bond donors (Lipinski definition) is 0. The van der Waals surface area contributed by atoms with Gasteiger partial charge in [-0.05, 0) is 57.5 Å². The van der Waals surface area contributed by atoms with Gasteiger partial charge in [0.05, 0.1) is 6.20 Å². The molecule has 0 saturated carbocycles. The van der Waals surface area contributed by atoms with Gasteiger partial charge in [-0.25, -0.2) is 19.6 Å². The predicted molar refractivity (Wildman–Crippen MR) is 89.7 cm³/mol. The number of amides is 2. The minimum absolute atomic E-state index is 0.0821. The summed E-state index contributed by atoms with van der Waals surface area (Å²) >= 11 is 2.79. The van der Waals surface area contributed by atoms with Crippen molar-refractivity contribution in [2.45, 2.75) is 58.9 Å². The van der Waals surface area contributed by atoms with Crippen LogP contribution in [0.1, 0.15) is 47.2 Å². The van der Waals surface area contributed by atoms with Crippen LogP contribution in [0.4, 0.5) is 28.6 Å². The molecule has 0 unspecified atom stereocenters. The molecule has 0 fully saturated rings. The first-order chi connectivity index (χ1) is 11.5. The van der Waals surface area contributed by atoms with Crippen LogP contribution in [0.25, 0.3) is 0 Å². The topological polar surface area (TPSA) is 81.6 Å². The highest BCUT2D eigenvalue weighted by molar-refractivity contribution is 9.10. The van der Waals surface area contributed by atoms with E-state index in [4.69, 9.17) is 9.47 Å². The Kier molecular flexibility index (Phi) is 6.28. The molecule has 146 valence electrons. The van der Waals surface area contributed by atoms with E-state index in [-0.39, 0.29) is 9.50 Å². The summed E-state index contributed by atoms with van der Waals surface area (Å²) in [6, 6.07) is 0. The second kappa shape index (κ2) is 7.37. The van der Waals surface area contributed by atoms with Crippen molar-refractivity contribution in [1.82, 2.24) is 9.97 Å². The van der Waals surface area contributed by atoms with Crippen LogP contribution in [0.2, 0.25) is 0 Å². The lowest BCUT2D eigenvalue weighted by Gasteiger charge is -2.28. The fourth-order valence-corrected chi connectivity index (χ4v) is 1.86. The van der Waals surface area contributed by atoms with Gasteiger partial charge in [0, 0.05) is 0 Å². The molecule has 7 nitrogen and oxygen atoms in total. The first-order valence-corrected chi connectivity index (χ1v) is 8.16. The Hall–Kier alpha value is -1.91. The molecule has 1 aromatic heterocycles. The number of carbonyl (C=O) groups is 2. The van der Waals surface area contributed by atoms with Crippen molar-refractivity contribution >= 4 is 33.9 Å².